The van der Waals surface area contributed by atoms with Gasteiger partial charge in [-0.3, -0.25) is 0 Å². The molecule has 0 amide bonds. The summed E-state index contributed by atoms with van der Waals surface area (Å²) in [6.07, 6.45) is 0. The van der Waals surface area contributed by atoms with Crippen LogP contribution in [0.4, 0.5) is 0 Å². The van der Waals surface area contributed by atoms with Crippen molar-refractivity contribution in [3.05, 3.63) is 35.0 Å². The van der Waals surface area contributed by atoms with E-state index < -0.39 is 0 Å². The molecule has 3 rings (SSSR count). The molecular formula is C16H19N3O2S. The first-order valence-electron chi connectivity index (χ1n) is 7.37. The Labute approximate surface area is 133 Å². The van der Waals surface area contributed by atoms with Crippen molar-refractivity contribution in [2.45, 2.75) is 33.3 Å². The van der Waals surface area contributed by atoms with Gasteiger partial charge in [0.25, 0.3) is 0 Å². The molecule has 0 spiro atoms. The van der Waals surface area contributed by atoms with Crippen LogP contribution in [0, 0.1) is 0 Å². The summed E-state index contributed by atoms with van der Waals surface area (Å²) >= 11 is 1.56. The molecule has 6 heteroatoms. The molecule has 0 radical (unpaired) electrons. The fourth-order valence-electron chi connectivity index (χ4n) is 2.34. The lowest BCUT2D eigenvalue weighted by molar-refractivity contribution is 0.274. The van der Waals surface area contributed by atoms with E-state index in [2.05, 4.69) is 23.9 Å². The van der Waals surface area contributed by atoms with Gasteiger partial charge >= 0.3 is 0 Å². The van der Waals surface area contributed by atoms with E-state index in [1.807, 2.05) is 31.2 Å². The second-order valence-corrected chi connectivity index (χ2v) is 6.27. The number of hydrogen-bond acceptors (Lipinski definition) is 5. The average molecular weight is 317 g/mol. The quantitative estimate of drug-likeness (QED) is 0.783. The molecule has 0 saturated carbocycles. The Morgan fingerprint density at radius 2 is 2.09 bits per heavy atom. The number of rotatable bonds is 5. The van der Waals surface area contributed by atoms with Gasteiger partial charge in [-0.15, -0.1) is 0 Å². The van der Waals surface area contributed by atoms with Gasteiger partial charge in [-0.2, -0.15) is 5.10 Å². The third-order valence-corrected chi connectivity index (χ3v) is 4.61. The Morgan fingerprint density at radius 3 is 2.77 bits per heavy atom. The first-order chi connectivity index (χ1) is 10.7. The molecule has 1 aromatic carbocycles. The molecule has 5 nitrogen and oxygen atoms in total. The standard InChI is InChI=1S/C16H19N3O2S/c1-4-21-13-8-6-5-7-11(13)14-12(9-20)19-16(17-14)22-15(18-19)10(2)3/h5-8,10,20H,4,9H2,1-3H3. The molecule has 0 bridgehead atoms. The van der Waals surface area contributed by atoms with Crippen LogP contribution in [-0.4, -0.2) is 26.3 Å². The Kier molecular flexibility index (Phi) is 4.13. The summed E-state index contributed by atoms with van der Waals surface area (Å²) in [6, 6.07) is 7.75. The van der Waals surface area contributed by atoms with Crippen molar-refractivity contribution in [2.75, 3.05) is 6.61 Å². The van der Waals surface area contributed by atoms with Gasteiger partial charge in [0.05, 0.1) is 18.9 Å². The lowest BCUT2D eigenvalue weighted by Gasteiger charge is -2.09. The lowest BCUT2D eigenvalue weighted by atomic mass is 10.1. The Bertz CT molecular complexity index is 792. The number of benzene rings is 1. The summed E-state index contributed by atoms with van der Waals surface area (Å²) in [7, 11) is 0. The fourth-order valence-corrected chi connectivity index (χ4v) is 3.26. The summed E-state index contributed by atoms with van der Waals surface area (Å²) in [6.45, 7) is 6.62. The van der Waals surface area contributed by atoms with Crippen molar-refractivity contribution in [2.24, 2.45) is 0 Å². The number of imidazole rings is 1. The number of hydrogen-bond donors (Lipinski definition) is 1. The number of aliphatic hydroxyl groups excluding tert-OH is 1. The van der Waals surface area contributed by atoms with E-state index in [-0.39, 0.29) is 6.61 Å². The summed E-state index contributed by atoms with van der Waals surface area (Å²) < 4.78 is 7.43. The molecule has 0 saturated heterocycles. The van der Waals surface area contributed by atoms with Crippen LogP contribution in [-0.2, 0) is 6.61 Å². The van der Waals surface area contributed by atoms with Crippen molar-refractivity contribution in [3.63, 3.8) is 0 Å². The highest BCUT2D eigenvalue weighted by molar-refractivity contribution is 7.16. The summed E-state index contributed by atoms with van der Waals surface area (Å²) in [4.78, 5) is 5.48. The molecule has 116 valence electrons. The zero-order valence-corrected chi connectivity index (χ0v) is 13.7. The summed E-state index contributed by atoms with van der Waals surface area (Å²) in [5.74, 6) is 1.12. The minimum atomic E-state index is -0.113. The second kappa shape index (κ2) is 6.06. The van der Waals surface area contributed by atoms with E-state index in [4.69, 9.17) is 4.74 Å². The molecule has 0 fully saturated rings. The largest absolute Gasteiger partial charge is 0.493 e. The Morgan fingerprint density at radius 1 is 1.32 bits per heavy atom. The molecule has 0 aliphatic rings. The first kappa shape index (κ1) is 15.0. The minimum absolute atomic E-state index is 0.113. The highest BCUT2D eigenvalue weighted by atomic mass is 32.1. The van der Waals surface area contributed by atoms with Crippen LogP contribution in [0.1, 0.15) is 37.4 Å². The molecular weight excluding hydrogens is 298 g/mol. The summed E-state index contributed by atoms with van der Waals surface area (Å²) in [5, 5.41) is 15.4. The van der Waals surface area contributed by atoms with E-state index in [1.54, 1.807) is 15.9 Å². The van der Waals surface area contributed by atoms with Crippen LogP contribution in [0.25, 0.3) is 16.2 Å². The maximum atomic E-state index is 9.80. The predicted molar refractivity (Wildman–Crippen MR) is 87.5 cm³/mol. The number of aromatic nitrogens is 3. The number of ether oxygens (including phenoxy) is 1. The van der Waals surface area contributed by atoms with Crippen molar-refractivity contribution in [1.82, 2.24) is 14.6 Å². The third kappa shape index (κ3) is 2.48. The lowest BCUT2D eigenvalue weighted by Crippen LogP contribution is -1.99. The smallest absolute Gasteiger partial charge is 0.213 e. The average Bonchev–Trinajstić information content (AvgIpc) is 3.05. The second-order valence-electron chi connectivity index (χ2n) is 5.28. The molecule has 0 aliphatic carbocycles. The van der Waals surface area contributed by atoms with E-state index in [0.717, 1.165) is 27.0 Å². The van der Waals surface area contributed by atoms with Gasteiger partial charge in [0, 0.05) is 11.5 Å². The van der Waals surface area contributed by atoms with Gasteiger partial charge in [-0.1, -0.05) is 37.3 Å². The van der Waals surface area contributed by atoms with Gasteiger partial charge < -0.3 is 9.84 Å². The SMILES string of the molecule is CCOc1ccccc1-c1nc2sc(C(C)C)nn2c1CO. The van der Waals surface area contributed by atoms with Gasteiger partial charge in [0.2, 0.25) is 4.96 Å². The van der Waals surface area contributed by atoms with E-state index >= 15 is 0 Å². The summed E-state index contributed by atoms with van der Waals surface area (Å²) in [5.41, 5.74) is 2.32. The Hall–Kier alpha value is -1.92. The molecule has 0 aliphatic heterocycles. The number of para-hydroxylation sites is 1. The van der Waals surface area contributed by atoms with Crippen molar-refractivity contribution < 1.29 is 9.84 Å². The van der Waals surface area contributed by atoms with Gasteiger partial charge in [0.15, 0.2) is 0 Å². The molecule has 2 heterocycles. The van der Waals surface area contributed by atoms with Gasteiger partial charge in [0.1, 0.15) is 16.5 Å². The van der Waals surface area contributed by atoms with Crippen LogP contribution < -0.4 is 4.74 Å². The number of aliphatic hydroxyl groups is 1. The molecule has 2 aromatic heterocycles. The topological polar surface area (TPSA) is 59.7 Å². The van der Waals surface area contributed by atoms with Crippen molar-refractivity contribution >= 4 is 16.3 Å². The zero-order valence-electron chi connectivity index (χ0n) is 12.9. The van der Waals surface area contributed by atoms with Crippen molar-refractivity contribution in [1.29, 1.82) is 0 Å². The molecule has 3 aromatic rings. The highest BCUT2D eigenvalue weighted by Gasteiger charge is 2.20. The maximum absolute atomic E-state index is 9.80. The zero-order chi connectivity index (χ0) is 15.7. The third-order valence-electron chi connectivity index (χ3n) is 3.40. The van der Waals surface area contributed by atoms with Crippen LogP contribution in [0.2, 0.25) is 0 Å². The number of fused-ring (bicyclic) bond motifs is 1. The van der Waals surface area contributed by atoms with Crippen LogP contribution in [0.15, 0.2) is 24.3 Å². The van der Waals surface area contributed by atoms with Gasteiger partial charge in [-0.25, -0.2) is 9.50 Å². The normalized spacial score (nSPS) is 11.5. The molecule has 0 atom stereocenters. The first-order valence-corrected chi connectivity index (χ1v) is 8.18. The Balaban J connectivity index is 2.17. The van der Waals surface area contributed by atoms with Crippen molar-refractivity contribution in [3.8, 4) is 17.0 Å². The van der Waals surface area contributed by atoms with Gasteiger partial charge in [-0.05, 0) is 19.1 Å². The molecule has 22 heavy (non-hydrogen) atoms. The van der Waals surface area contributed by atoms with Crippen LogP contribution in [0.5, 0.6) is 5.75 Å². The molecule has 1 N–H and O–H groups in total. The van der Waals surface area contributed by atoms with Crippen LogP contribution in [0.3, 0.4) is 0 Å². The minimum Gasteiger partial charge on any atom is -0.493 e. The number of nitrogens with zero attached hydrogens (tertiary/aromatic N) is 3. The molecule has 0 unspecified atom stereocenters. The van der Waals surface area contributed by atoms with E-state index in [9.17, 15) is 5.11 Å². The fraction of sp³-hybridized carbons (Fsp3) is 0.375. The monoisotopic (exact) mass is 317 g/mol. The highest BCUT2D eigenvalue weighted by Crippen LogP contribution is 2.34. The predicted octanol–water partition coefficient (Wildman–Crippen LogP) is 3.47. The van der Waals surface area contributed by atoms with E-state index in [1.165, 1.54) is 0 Å². The van der Waals surface area contributed by atoms with E-state index in [0.29, 0.717) is 18.2 Å². The maximum Gasteiger partial charge on any atom is 0.213 e. The van der Waals surface area contributed by atoms with Crippen LogP contribution >= 0.6 is 11.3 Å².